The Hall–Kier alpha value is -1.12. The summed E-state index contributed by atoms with van der Waals surface area (Å²) in [5.41, 5.74) is 0.842. The van der Waals surface area contributed by atoms with Crippen LogP contribution in [0, 0.1) is 0 Å². The molecule has 1 heterocycles. The van der Waals surface area contributed by atoms with E-state index in [4.69, 9.17) is 0 Å². The molecule has 1 unspecified atom stereocenters. The number of nitrogens with zero attached hydrogens (tertiary/aromatic N) is 1. The zero-order chi connectivity index (χ0) is 16.5. The van der Waals surface area contributed by atoms with Gasteiger partial charge in [0.1, 0.15) is 0 Å². The minimum atomic E-state index is -3.32. The number of anilines is 1. The number of sulfone groups is 1. The van der Waals surface area contributed by atoms with Gasteiger partial charge < -0.3 is 4.90 Å². The van der Waals surface area contributed by atoms with E-state index in [0.29, 0.717) is 19.5 Å². The van der Waals surface area contributed by atoms with Crippen molar-refractivity contribution >= 4 is 25.5 Å². The van der Waals surface area contributed by atoms with Crippen LogP contribution in [0.3, 0.4) is 0 Å². The van der Waals surface area contributed by atoms with Gasteiger partial charge >= 0.3 is 0 Å². The van der Waals surface area contributed by atoms with E-state index >= 15 is 0 Å². The van der Waals surface area contributed by atoms with Gasteiger partial charge in [-0.25, -0.2) is 21.6 Å². The fourth-order valence-electron chi connectivity index (χ4n) is 2.54. The number of rotatable bonds is 5. The lowest BCUT2D eigenvalue weighted by atomic mass is 10.3. The highest BCUT2D eigenvalue weighted by Gasteiger charge is 2.33. The van der Waals surface area contributed by atoms with Crippen LogP contribution < -0.4 is 9.62 Å². The molecule has 1 saturated heterocycles. The molecule has 1 aromatic rings. The maximum absolute atomic E-state index is 12.2. The van der Waals surface area contributed by atoms with Crippen LogP contribution in [0.4, 0.5) is 5.69 Å². The Labute approximate surface area is 132 Å². The molecule has 1 N–H and O–H groups in total. The molecule has 0 saturated carbocycles. The van der Waals surface area contributed by atoms with Crippen molar-refractivity contribution in [3.63, 3.8) is 0 Å². The second-order valence-electron chi connectivity index (χ2n) is 5.94. The second kappa shape index (κ2) is 6.17. The fourth-order valence-corrected chi connectivity index (χ4v) is 4.82. The highest BCUT2D eigenvalue weighted by atomic mass is 32.2. The van der Waals surface area contributed by atoms with Gasteiger partial charge in [0.2, 0.25) is 10.0 Å². The van der Waals surface area contributed by atoms with Gasteiger partial charge in [0.05, 0.1) is 10.1 Å². The van der Waals surface area contributed by atoms with Crippen molar-refractivity contribution in [2.24, 2.45) is 0 Å². The van der Waals surface area contributed by atoms with Crippen molar-refractivity contribution in [1.82, 2.24) is 4.72 Å². The first kappa shape index (κ1) is 17.2. The Kier molecular flexibility index (Phi) is 4.84. The van der Waals surface area contributed by atoms with Crippen molar-refractivity contribution < 1.29 is 16.8 Å². The SMILES string of the molecule is CC(C)NS(=O)(=O)C1CCN(c2ccc(S(C)(=O)=O)cc2)C1. The Bertz CT molecular complexity index is 725. The van der Waals surface area contributed by atoms with Gasteiger partial charge in [-0.1, -0.05) is 0 Å². The Balaban J connectivity index is 2.11. The number of hydrogen-bond donors (Lipinski definition) is 1. The van der Waals surface area contributed by atoms with E-state index in [0.717, 1.165) is 11.9 Å². The predicted molar refractivity (Wildman–Crippen MR) is 87.4 cm³/mol. The average Bonchev–Trinajstić information content (AvgIpc) is 2.86. The van der Waals surface area contributed by atoms with Crippen molar-refractivity contribution in [3.05, 3.63) is 24.3 Å². The maximum atomic E-state index is 12.2. The van der Waals surface area contributed by atoms with Crippen molar-refractivity contribution in [1.29, 1.82) is 0 Å². The molecule has 1 aromatic carbocycles. The van der Waals surface area contributed by atoms with Crippen LogP contribution in [0.25, 0.3) is 0 Å². The predicted octanol–water partition coefficient (Wildman–Crippen LogP) is 0.997. The van der Waals surface area contributed by atoms with E-state index in [1.807, 2.05) is 4.90 Å². The summed E-state index contributed by atoms with van der Waals surface area (Å²) in [6.07, 6.45) is 1.73. The van der Waals surface area contributed by atoms with Gasteiger partial charge in [-0.2, -0.15) is 0 Å². The third-order valence-electron chi connectivity index (χ3n) is 3.61. The lowest BCUT2D eigenvalue weighted by Crippen LogP contribution is -2.39. The second-order valence-corrected chi connectivity index (χ2v) is 9.95. The molecule has 0 aromatic heterocycles. The number of nitrogens with one attached hydrogen (secondary N) is 1. The van der Waals surface area contributed by atoms with E-state index in [-0.39, 0.29) is 10.9 Å². The summed E-state index contributed by atoms with van der Waals surface area (Å²) >= 11 is 0. The van der Waals surface area contributed by atoms with Gasteiger partial charge in [-0.15, -0.1) is 0 Å². The van der Waals surface area contributed by atoms with Crippen LogP contribution >= 0.6 is 0 Å². The first-order valence-corrected chi connectivity index (χ1v) is 10.6. The monoisotopic (exact) mass is 346 g/mol. The van der Waals surface area contributed by atoms with Crippen molar-refractivity contribution in [2.75, 3.05) is 24.2 Å². The molecule has 1 aliphatic rings. The van der Waals surface area contributed by atoms with Crippen LogP contribution in [0.5, 0.6) is 0 Å². The summed E-state index contributed by atoms with van der Waals surface area (Å²) in [6.45, 7) is 4.66. The highest BCUT2D eigenvalue weighted by molar-refractivity contribution is 7.90. The third kappa shape index (κ3) is 3.99. The molecule has 0 aliphatic carbocycles. The Morgan fingerprint density at radius 1 is 1.14 bits per heavy atom. The lowest BCUT2D eigenvalue weighted by Gasteiger charge is -2.19. The summed E-state index contributed by atoms with van der Waals surface area (Å²) in [7, 11) is -6.53. The van der Waals surface area contributed by atoms with Crippen LogP contribution in [-0.2, 0) is 19.9 Å². The molecule has 0 amide bonds. The first-order valence-electron chi connectivity index (χ1n) is 7.16. The lowest BCUT2D eigenvalue weighted by molar-refractivity contribution is 0.557. The molecule has 0 spiro atoms. The number of benzene rings is 1. The van der Waals surface area contributed by atoms with Crippen LogP contribution in [0.15, 0.2) is 29.2 Å². The molecule has 0 bridgehead atoms. The van der Waals surface area contributed by atoms with E-state index in [9.17, 15) is 16.8 Å². The average molecular weight is 346 g/mol. The summed E-state index contributed by atoms with van der Waals surface area (Å²) in [4.78, 5) is 2.23. The third-order valence-corrected chi connectivity index (χ3v) is 6.80. The van der Waals surface area contributed by atoms with Gasteiger partial charge in [-0.05, 0) is 44.5 Å². The van der Waals surface area contributed by atoms with Crippen LogP contribution in [0.1, 0.15) is 20.3 Å². The normalized spacial score (nSPS) is 19.8. The van der Waals surface area contributed by atoms with Gasteiger partial charge in [0.25, 0.3) is 0 Å². The minimum Gasteiger partial charge on any atom is -0.370 e. The Morgan fingerprint density at radius 3 is 2.23 bits per heavy atom. The van der Waals surface area contributed by atoms with Crippen molar-refractivity contribution in [3.8, 4) is 0 Å². The van der Waals surface area contributed by atoms with Gasteiger partial charge in [0.15, 0.2) is 9.84 Å². The van der Waals surface area contributed by atoms with E-state index in [2.05, 4.69) is 4.72 Å². The molecule has 1 fully saturated rings. The molecular formula is C14H22N2O4S2. The topological polar surface area (TPSA) is 83.6 Å². The van der Waals surface area contributed by atoms with Crippen LogP contribution in [0.2, 0.25) is 0 Å². The number of sulfonamides is 1. The Morgan fingerprint density at radius 2 is 1.73 bits per heavy atom. The zero-order valence-electron chi connectivity index (χ0n) is 13.0. The molecule has 22 heavy (non-hydrogen) atoms. The zero-order valence-corrected chi connectivity index (χ0v) is 14.6. The first-order chi connectivity index (χ1) is 10.1. The molecule has 2 rings (SSSR count). The molecule has 1 atom stereocenters. The molecule has 0 radical (unpaired) electrons. The standard InChI is InChI=1S/C14H22N2O4S2/c1-11(2)15-22(19,20)14-8-9-16(10-14)12-4-6-13(7-5-12)21(3,17)18/h4-7,11,14-15H,8-10H2,1-3H3. The van der Waals surface area contributed by atoms with Crippen molar-refractivity contribution in [2.45, 2.75) is 36.5 Å². The summed E-state index contributed by atoms with van der Waals surface area (Å²) in [6, 6.07) is 6.44. The highest BCUT2D eigenvalue weighted by Crippen LogP contribution is 2.25. The number of hydrogen-bond acceptors (Lipinski definition) is 5. The largest absolute Gasteiger partial charge is 0.370 e. The molecule has 8 heteroatoms. The molecule has 124 valence electrons. The van der Waals surface area contributed by atoms with Gasteiger partial charge in [0, 0.05) is 31.1 Å². The maximum Gasteiger partial charge on any atom is 0.216 e. The van der Waals surface area contributed by atoms with Crippen LogP contribution in [-0.4, -0.2) is 47.5 Å². The van der Waals surface area contributed by atoms with E-state index in [1.165, 1.54) is 0 Å². The fraction of sp³-hybridized carbons (Fsp3) is 0.571. The quantitative estimate of drug-likeness (QED) is 0.860. The summed E-state index contributed by atoms with van der Waals surface area (Å²) < 4.78 is 49.9. The molecular weight excluding hydrogens is 324 g/mol. The molecule has 6 nitrogen and oxygen atoms in total. The van der Waals surface area contributed by atoms with E-state index < -0.39 is 25.1 Å². The molecule has 1 aliphatic heterocycles. The smallest absolute Gasteiger partial charge is 0.216 e. The summed E-state index contributed by atoms with van der Waals surface area (Å²) in [5, 5.41) is -0.440. The summed E-state index contributed by atoms with van der Waals surface area (Å²) in [5.74, 6) is 0. The van der Waals surface area contributed by atoms with E-state index in [1.54, 1.807) is 38.1 Å². The van der Waals surface area contributed by atoms with Gasteiger partial charge in [-0.3, -0.25) is 0 Å². The minimum absolute atomic E-state index is 0.118.